The predicted molar refractivity (Wildman–Crippen MR) is 141 cm³/mol. The molecule has 0 saturated carbocycles. The minimum Gasteiger partial charge on any atom is -0.351 e. The summed E-state index contributed by atoms with van der Waals surface area (Å²) in [6.07, 6.45) is 7.29. The lowest BCUT2D eigenvalue weighted by Crippen LogP contribution is -2.51. The highest BCUT2D eigenvalue weighted by Gasteiger charge is 2.34. The Morgan fingerprint density at radius 2 is 1.83 bits per heavy atom. The smallest absolute Gasteiger partial charge is 0.268 e. The standard InChI is InChI=1S/C28H38N4O4/c1-5-7-15-25(33)32-17-11-14-24(32)28(36)31-23(19-21-12-9-8-10-13-21)27(35)30-22(18-20(3)4)26(34)29-16-6-2/h5-6,8-10,12-13,19-20,22,24H,1-2,7,11,14-18H2,3-4H3,(H,29,34)(H,30,35)(H,31,36)/b23-19+/t22-,24-/m0/s1. The van der Waals surface area contributed by atoms with Crippen LogP contribution >= 0.6 is 0 Å². The van der Waals surface area contributed by atoms with Gasteiger partial charge in [0.15, 0.2) is 0 Å². The molecule has 1 heterocycles. The maximum absolute atomic E-state index is 13.3. The number of carbonyl (C=O) groups excluding carboxylic acids is 4. The quantitative estimate of drug-likeness (QED) is 0.289. The van der Waals surface area contributed by atoms with Gasteiger partial charge < -0.3 is 20.9 Å². The van der Waals surface area contributed by atoms with Crippen LogP contribution in [0.25, 0.3) is 6.08 Å². The highest BCUT2D eigenvalue weighted by Crippen LogP contribution is 2.20. The zero-order chi connectivity index (χ0) is 26.5. The van der Waals surface area contributed by atoms with Gasteiger partial charge in [-0.1, -0.05) is 56.3 Å². The summed E-state index contributed by atoms with van der Waals surface area (Å²) in [6.45, 7) is 11.9. The van der Waals surface area contributed by atoms with E-state index in [1.54, 1.807) is 23.1 Å². The molecule has 36 heavy (non-hydrogen) atoms. The molecule has 8 nitrogen and oxygen atoms in total. The molecule has 0 bridgehead atoms. The number of nitrogens with zero attached hydrogens (tertiary/aromatic N) is 1. The Hall–Kier alpha value is -3.68. The number of benzene rings is 1. The van der Waals surface area contributed by atoms with Gasteiger partial charge in [0.1, 0.15) is 17.8 Å². The zero-order valence-corrected chi connectivity index (χ0v) is 21.3. The number of rotatable bonds is 13. The fraction of sp³-hybridized carbons (Fsp3) is 0.429. The fourth-order valence-electron chi connectivity index (χ4n) is 4.03. The van der Waals surface area contributed by atoms with Crippen molar-refractivity contribution in [1.29, 1.82) is 0 Å². The molecular formula is C28H38N4O4. The SMILES string of the molecule is C=CCCC(=O)N1CCC[C@H]1C(=O)N/C(=C/c1ccccc1)C(=O)N[C@@H](CC(C)C)C(=O)NCC=C. The number of hydrogen-bond acceptors (Lipinski definition) is 4. The van der Waals surface area contributed by atoms with E-state index in [0.29, 0.717) is 37.8 Å². The van der Waals surface area contributed by atoms with Crippen LogP contribution in [0, 0.1) is 5.92 Å². The summed E-state index contributed by atoms with van der Waals surface area (Å²) in [5.41, 5.74) is 0.728. The molecule has 0 radical (unpaired) electrons. The zero-order valence-electron chi connectivity index (χ0n) is 21.3. The summed E-state index contributed by atoms with van der Waals surface area (Å²) >= 11 is 0. The summed E-state index contributed by atoms with van der Waals surface area (Å²) in [6, 6.07) is 7.68. The second-order valence-electron chi connectivity index (χ2n) is 9.22. The number of amides is 4. The number of allylic oxidation sites excluding steroid dienone is 1. The van der Waals surface area contributed by atoms with Crippen LogP contribution in [0.3, 0.4) is 0 Å². The molecule has 0 spiro atoms. The van der Waals surface area contributed by atoms with Crippen LogP contribution in [0.1, 0.15) is 51.5 Å². The van der Waals surface area contributed by atoms with Gasteiger partial charge in [0, 0.05) is 19.5 Å². The normalized spacial score (nSPS) is 16.2. The maximum Gasteiger partial charge on any atom is 0.268 e. The van der Waals surface area contributed by atoms with E-state index < -0.39 is 23.9 Å². The van der Waals surface area contributed by atoms with E-state index in [0.717, 1.165) is 0 Å². The van der Waals surface area contributed by atoms with Crippen molar-refractivity contribution in [3.63, 3.8) is 0 Å². The first-order valence-corrected chi connectivity index (χ1v) is 12.4. The Balaban J connectivity index is 2.26. The topological polar surface area (TPSA) is 108 Å². The van der Waals surface area contributed by atoms with Crippen LogP contribution in [0.5, 0.6) is 0 Å². The Bertz CT molecular complexity index is 971. The van der Waals surface area contributed by atoms with Gasteiger partial charge in [0.25, 0.3) is 5.91 Å². The average molecular weight is 495 g/mol. The molecule has 8 heteroatoms. The monoisotopic (exact) mass is 494 g/mol. The van der Waals surface area contributed by atoms with E-state index in [9.17, 15) is 19.2 Å². The molecule has 2 atom stereocenters. The van der Waals surface area contributed by atoms with E-state index in [4.69, 9.17) is 0 Å². The molecule has 0 unspecified atom stereocenters. The number of hydrogen-bond donors (Lipinski definition) is 3. The fourth-order valence-corrected chi connectivity index (χ4v) is 4.03. The Morgan fingerprint density at radius 1 is 1.11 bits per heavy atom. The first-order chi connectivity index (χ1) is 17.3. The molecule has 1 aromatic rings. The lowest BCUT2D eigenvalue weighted by Gasteiger charge is -2.25. The third-order valence-corrected chi connectivity index (χ3v) is 5.80. The van der Waals surface area contributed by atoms with Crippen LogP contribution in [0.4, 0.5) is 0 Å². The van der Waals surface area contributed by atoms with Gasteiger partial charge in [0.05, 0.1) is 0 Å². The Kier molecular flexibility index (Phi) is 11.6. The van der Waals surface area contributed by atoms with Crippen molar-refractivity contribution in [1.82, 2.24) is 20.9 Å². The van der Waals surface area contributed by atoms with Gasteiger partial charge in [-0.2, -0.15) is 0 Å². The van der Waals surface area contributed by atoms with Crippen molar-refractivity contribution < 1.29 is 19.2 Å². The van der Waals surface area contributed by atoms with Crippen LogP contribution in [-0.2, 0) is 19.2 Å². The molecule has 3 N–H and O–H groups in total. The molecule has 1 aliphatic rings. The summed E-state index contributed by atoms with van der Waals surface area (Å²) in [5.74, 6) is -1.28. The van der Waals surface area contributed by atoms with Gasteiger partial charge >= 0.3 is 0 Å². The molecule has 1 aliphatic heterocycles. The van der Waals surface area contributed by atoms with Gasteiger partial charge in [-0.05, 0) is 43.2 Å². The van der Waals surface area contributed by atoms with Gasteiger partial charge in [-0.15, -0.1) is 13.2 Å². The molecule has 2 rings (SSSR count). The van der Waals surface area contributed by atoms with Gasteiger partial charge in [0.2, 0.25) is 17.7 Å². The molecule has 0 aliphatic carbocycles. The van der Waals surface area contributed by atoms with Crippen molar-refractivity contribution in [3.8, 4) is 0 Å². The minimum absolute atomic E-state index is 0.0156. The van der Waals surface area contributed by atoms with Crippen LogP contribution in [0.2, 0.25) is 0 Å². The second kappa shape index (κ2) is 14.7. The van der Waals surface area contributed by atoms with Crippen molar-refractivity contribution in [3.05, 3.63) is 66.9 Å². The summed E-state index contributed by atoms with van der Waals surface area (Å²) in [5, 5.41) is 8.24. The van der Waals surface area contributed by atoms with Crippen LogP contribution in [0.15, 0.2) is 61.3 Å². The molecule has 194 valence electrons. The van der Waals surface area contributed by atoms with E-state index in [-0.39, 0.29) is 36.4 Å². The third kappa shape index (κ3) is 8.83. The average Bonchev–Trinajstić information content (AvgIpc) is 3.35. The van der Waals surface area contributed by atoms with Crippen molar-refractivity contribution in [2.24, 2.45) is 5.92 Å². The minimum atomic E-state index is -0.781. The number of nitrogens with one attached hydrogen (secondary N) is 3. The Morgan fingerprint density at radius 3 is 2.47 bits per heavy atom. The van der Waals surface area contributed by atoms with Crippen molar-refractivity contribution in [2.45, 2.75) is 58.0 Å². The predicted octanol–water partition coefficient (Wildman–Crippen LogP) is 2.93. The van der Waals surface area contributed by atoms with Crippen LogP contribution < -0.4 is 16.0 Å². The first kappa shape index (κ1) is 28.6. The summed E-state index contributed by atoms with van der Waals surface area (Å²) in [7, 11) is 0. The number of carbonyl (C=O) groups is 4. The third-order valence-electron chi connectivity index (χ3n) is 5.80. The van der Waals surface area contributed by atoms with Gasteiger partial charge in [-0.3, -0.25) is 19.2 Å². The van der Waals surface area contributed by atoms with E-state index in [1.807, 2.05) is 44.2 Å². The first-order valence-electron chi connectivity index (χ1n) is 12.4. The maximum atomic E-state index is 13.3. The molecular weight excluding hydrogens is 456 g/mol. The largest absolute Gasteiger partial charge is 0.351 e. The molecule has 4 amide bonds. The Labute approximate surface area is 213 Å². The highest BCUT2D eigenvalue weighted by atomic mass is 16.2. The van der Waals surface area contributed by atoms with Crippen molar-refractivity contribution in [2.75, 3.05) is 13.1 Å². The van der Waals surface area contributed by atoms with Gasteiger partial charge in [-0.25, -0.2) is 0 Å². The molecule has 0 aromatic heterocycles. The highest BCUT2D eigenvalue weighted by molar-refractivity contribution is 6.04. The van der Waals surface area contributed by atoms with Crippen LogP contribution in [-0.4, -0.2) is 53.7 Å². The lowest BCUT2D eigenvalue weighted by molar-refractivity contribution is -0.138. The van der Waals surface area contributed by atoms with E-state index in [1.165, 1.54) is 0 Å². The summed E-state index contributed by atoms with van der Waals surface area (Å²) in [4.78, 5) is 53.4. The molecule has 1 fully saturated rings. The molecule has 1 saturated heterocycles. The van der Waals surface area contributed by atoms with E-state index in [2.05, 4.69) is 29.1 Å². The lowest BCUT2D eigenvalue weighted by atomic mass is 10.0. The van der Waals surface area contributed by atoms with Crippen molar-refractivity contribution >= 4 is 29.7 Å². The number of likely N-dealkylation sites (tertiary alicyclic amines) is 1. The molecule has 1 aromatic carbocycles. The van der Waals surface area contributed by atoms with E-state index >= 15 is 0 Å². The summed E-state index contributed by atoms with van der Waals surface area (Å²) < 4.78 is 0. The second-order valence-corrected chi connectivity index (χ2v) is 9.22.